The molecule has 1 aromatic rings. The summed E-state index contributed by atoms with van der Waals surface area (Å²) in [6.45, 7) is 2.11. The maximum absolute atomic E-state index is 11.3. The number of carbonyl (C=O) groups excluding carboxylic acids is 1. The summed E-state index contributed by atoms with van der Waals surface area (Å²) < 4.78 is 15.9. The molecule has 0 atom stereocenters. The molecule has 0 bridgehead atoms. The predicted octanol–water partition coefficient (Wildman–Crippen LogP) is 2.25. The average molecular weight is 274 g/mol. The molecule has 4 heteroatoms. The summed E-state index contributed by atoms with van der Waals surface area (Å²) in [6.07, 6.45) is 4.97. The van der Waals surface area contributed by atoms with Gasteiger partial charge in [-0.15, -0.1) is 0 Å². The van der Waals surface area contributed by atoms with Gasteiger partial charge in [-0.05, 0) is 23.8 Å². The number of methoxy groups -OCH3 is 1. The van der Waals surface area contributed by atoms with Crippen molar-refractivity contribution in [2.75, 3.05) is 33.5 Å². The summed E-state index contributed by atoms with van der Waals surface area (Å²) in [5, 5.41) is 0. The van der Waals surface area contributed by atoms with Gasteiger partial charge in [-0.2, -0.15) is 0 Å². The zero-order chi connectivity index (χ0) is 14.2. The van der Waals surface area contributed by atoms with Crippen LogP contribution in [0.3, 0.4) is 0 Å². The van der Waals surface area contributed by atoms with Gasteiger partial charge >= 0.3 is 0 Å². The molecular weight excluding hydrogens is 256 g/mol. The summed E-state index contributed by atoms with van der Waals surface area (Å²) in [7, 11) is 1.64. The first-order valence-corrected chi connectivity index (χ1v) is 6.54. The fraction of sp³-hybridized carbons (Fsp3) is 0.312. The summed E-state index contributed by atoms with van der Waals surface area (Å²) in [5.41, 5.74) is 1.80. The number of carbonyl (C=O) groups is 1. The lowest BCUT2D eigenvalue weighted by atomic mass is 10.1. The molecule has 1 aliphatic rings. The van der Waals surface area contributed by atoms with Gasteiger partial charge in [0.25, 0.3) is 0 Å². The number of hydrogen-bond donors (Lipinski definition) is 0. The zero-order valence-corrected chi connectivity index (χ0v) is 11.5. The van der Waals surface area contributed by atoms with Crippen molar-refractivity contribution in [1.82, 2.24) is 0 Å². The third-order valence-electron chi connectivity index (χ3n) is 2.84. The van der Waals surface area contributed by atoms with E-state index >= 15 is 0 Å². The number of ether oxygens (including phenoxy) is 3. The molecule has 0 aromatic heterocycles. The largest absolute Gasteiger partial charge is 0.491 e. The minimum Gasteiger partial charge on any atom is -0.491 e. The van der Waals surface area contributed by atoms with Gasteiger partial charge in [0.2, 0.25) is 0 Å². The quantitative estimate of drug-likeness (QED) is 0.682. The Kier molecular flexibility index (Phi) is 5.53. The van der Waals surface area contributed by atoms with Crippen LogP contribution in [-0.2, 0) is 14.3 Å². The second-order valence-electron chi connectivity index (χ2n) is 4.29. The van der Waals surface area contributed by atoms with Gasteiger partial charge in [0.15, 0.2) is 5.78 Å². The van der Waals surface area contributed by atoms with Gasteiger partial charge in [0.1, 0.15) is 12.4 Å². The van der Waals surface area contributed by atoms with Crippen molar-refractivity contribution in [2.45, 2.75) is 0 Å². The van der Waals surface area contributed by atoms with E-state index in [0.29, 0.717) is 26.4 Å². The molecule has 0 saturated heterocycles. The topological polar surface area (TPSA) is 44.8 Å². The third-order valence-corrected chi connectivity index (χ3v) is 2.84. The van der Waals surface area contributed by atoms with Crippen LogP contribution in [0.1, 0.15) is 5.56 Å². The van der Waals surface area contributed by atoms with Crippen molar-refractivity contribution in [2.24, 2.45) is 0 Å². The minimum atomic E-state index is 0.0118. The Hall–Kier alpha value is -1.91. The Morgan fingerprint density at radius 2 is 1.80 bits per heavy atom. The summed E-state index contributed by atoms with van der Waals surface area (Å²) in [4.78, 5) is 11.3. The highest BCUT2D eigenvalue weighted by atomic mass is 16.5. The molecule has 0 heterocycles. The second kappa shape index (κ2) is 7.62. The van der Waals surface area contributed by atoms with Crippen molar-refractivity contribution in [3.63, 3.8) is 0 Å². The van der Waals surface area contributed by atoms with Crippen molar-refractivity contribution in [3.05, 3.63) is 48.1 Å². The molecule has 0 spiro atoms. The van der Waals surface area contributed by atoms with E-state index in [9.17, 15) is 4.79 Å². The van der Waals surface area contributed by atoms with E-state index in [2.05, 4.69) is 0 Å². The van der Waals surface area contributed by atoms with E-state index in [1.54, 1.807) is 25.3 Å². The lowest BCUT2D eigenvalue weighted by Crippen LogP contribution is -2.10. The second-order valence-corrected chi connectivity index (χ2v) is 4.29. The standard InChI is InChI=1S/C16H18O4/c1-18-8-9-19-10-11-20-16-5-3-2-4-15(16)13-6-7-14(17)12-13/h2-7,12H,8-11H2,1H3. The molecule has 2 rings (SSSR count). The van der Waals surface area contributed by atoms with E-state index in [1.807, 2.05) is 24.3 Å². The van der Waals surface area contributed by atoms with Gasteiger partial charge in [-0.1, -0.05) is 24.3 Å². The lowest BCUT2D eigenvalue weighted by molar-refractivity contribution is -0.110. The Morgan fingerprint density at radius 1 is 1.00 bits per heavy atom. The van der Waals surface area contributed by atoms with Crippen LogP contribution in [0.4, 0.5) is 0 Å². The predicted molar refractivity (Wildman–Crippen MR) is 76.8 cm³/mol. The van der Waals surface area contributed by atoms with Crippen LogP contribution in [0.2, 0.25) is 0 Å². The van der Waals surface area contributed by atoms with Crippen molar-refractivity contribution in [1.29, 1.82) is 0 Å². The molecule has 0 saturated carbocycles. The summed E-state index contributed by atoms with van der Waals surface area (Å²) in [5.74, 6) is 0.770. The first kappa shape index (κ1) is 14.5. The zero-order valence-electron chi connectivity index (χ0n) is 11.5. The Labute approximate surface area is 118 Å². The minimum absolute atomic E-state index is 0.0118. The van der Waals surface area contributed by atoms with Crippen LogP contribution in [0.25, 0.3) is 5.57 Å². The molecule has 106 valence electrons. The average Bonchev–Trinajstić information content (AvgIpc) is 2.89. The monoisotopic (exact) mass is 274 g/mol. The fourth-order valence-electron chi connectivity index (χ4n) is 1.87. The first-order chi connectivity index (χ1) is 9.81. The van der Waals surface area contributed by atoms with Crippen LogP contribution < -0.4 is 4.74 Å². The van der Waals surface area contributed by atoms with E-state index < -0.39 is 0 Å². The van der Waals surface area contributed by atoms with Crippen LogP contribution in [0.15, 0.2) is 42.5 Å². The van der Waals surface area contributed by atoms with E-state index in [0.717, 1.165) is 16.9 Å². The molecule has 0 radical (unpaired) electrons. The van der Waals surface area contributed by atoms with Crippen molar-refractivity contribution >= 4 is 11.4 Å². The normalized spacial score (nSPS) is 13.7. The number of rotatable bonds is 8. The molecule has 0 amide bonds. The van der Waals surface area contributed by atoms with Crippen LogP contribution in [0, 0.1) is 0 Å². The SMILES string of the molecule is COCCOCCOc1ccccc1C1=CC(=O)C=C1. The highest BCUT2D eigenvalue weighted by molar-refractivity contribution is 6.11. The number of benzene rings is 1. The Bertz CT molecular complexity index is 517. The van der Waals surface area contributed by atoms with Gasteiger partial charge in [-0.25, -0.2) is 0 Å². The number of allylic oxidation sites excluding steroid dienone is 4. The summed E-state index contributed by atoms with van der Waals surface area (Å²) >= 11 is 0. The number of ketones is 1. The van der Waals surface area contributed by atoms with Gasteiger partial charge in [0.05, 0.1) is 19.8 Å². The number of hydrogen-bond acceptors (Lipinski definition) is 4. The van der Waals surface area contributed by atoms with Crippen LogP contribution in [-0.4, -0.2) is 39.3 Å². The molecule has 4 nitrogen and oxygen atoms in total. The van der Waals surface area contributed by atoms with Crippen LogP contribution >= 0.6 is 0 Å². The van der Waals surface area contributed by atoms with Gasteiger partial charge in [0, 0.05) is 12.7 Å². The Morgan fingerprint density at radius 3 is 2.55 bits per heavy atom. The lowest BCUT2D eigenvalue weighted by Gasteiger charge is -2.11. The smallest absolute Gasteiger partial charge is 0.179 e. The molecule has 0 N–H and O–H groups in total. The maximum Gasteiger partial charge on any atom is 0.179 e. The van der Waals surface area contributed by atoms with E-state index in [-0.39, 0.29) is 5.78 Å². The molecule has 1 aliphatic carbocycles. The van der Waals surface area contributed by atoms with Crippen molar-refractivity contribution in [3.8, 4) is 5.75 Å². The van der Waals surface area contributed by atoms with Crippen molar-refractivity contribution < 1.29 is 19.0 Å². The molecule has 0 fully saturated rings. The third kappa shape index (κ3) is 4.05. The Balaban J connectivity index is 1.90. The molecule has 0 unspecified atom stereocenters. The fourth-order valence-corrected chi connectivity index (χ4v) is 1.87. The van der Waals surface area contributed by atoms with E-state index in [1.165, 1.54) is 0 Å². The summed E-state index contributed by atoms with van der Waals surface area (Å²) in [6, 6.07) is 7.66. The van der Waals surface area contributed by atoms with Crippen LogP contribution in [0.5, 0.6) is 5.75 Å². The highest BCUT2D eigenvalue weighted by Crippen LogP contribution is 2.28. The number of para-hydroxylation sites is 1. The molecular formula is C16H18O4. The van der Waals surface area contributed by atoms with Gasteiger partial charge in [-0.3, -0.25) is 4.79 Å². The van der Waals surface area contributed by atoms with Gasteiger partial charge < -0.3 is 14.2 Å². The first-order valence-electron chi connectivity index (χ1n) is 6.54. The highest BCUT2D eigenvalue weighted by Gasteiger charge is 2.11. The molecule has 0 aliphatic heterocycles. The van der Waals surface area contributed by atoms with E-state index in [4.69, 9.17) is 14.2 Å². The maximum atomic E-state index is 11.3. The molecule has 20 heavy (non-hydrogen) atoms. The molecule has 1 aromatic carbocycles.